The highest BCUT2D eigenvalue weighted by atomic mass is 19.1. The van der Waals surface area contributed by atoms with Crippen LogP contribution in [-0.2, 0) is 4.79 Å². The Morgan fingerprint density at radius 1 is 1.59 bits per heavy atom. The number of benzene rings is 1. The van der Waals surface area contributed by atoms with Crippen molar-refractivity contribution in [1.29, 1.82) is 0 Å². The van der Waals surface area contributed by atoms with Crippen molar-refractivity contribution >= 4 is 23.4 Å². The summed E-state index contributed by atoms with van der Waals surface area (Å²) in [5, 5.41) is 11.7. The van der Waals surface area contributed by atoms with Crippen molar-refractivity contribution in [3.8, 4) is 0 Å². The molecule has 1 aliphatic rings. The molecule has 0 aromatic heterocycles. The van der Waals surface area contributed by atoms with E-state index in [0.29, 0.717) is 12.1 Å². The van der Waals surface area contributed by atoms with Crippen LogP contribution in [-0.4, -0.2) is 23.1 Å². The highest BCUT2D eigenvalue weighted by Crippen LogP contribution is 2.33. The molecule has 1 heterocycles. The third kappa shape index (κ3) is 1.82. The van der Waals surface area contributed by atoms with Crippen LogP contribution in [0.3, 0.4) is 0 Å². The lowest BCUT2D eigenvalue weighted by molar-refractivity contribution is -0.117. The largest absolute Gasteiger partial charge is 0.465 e. The average molecular weight is 238 g/mol. The zero-order valence-electron chi connectivity index (χ0n) is 9.11. The quantitative estimate of drug-likeness (QED) is 0.786. The Balaban J connectivity index is 2.56. The van der Waals surface area contributed by atoms with E-state index < -0.39 is 23.9 Å². The Morgan fingerprint density at radius 2 is 2.29 bits per heavy atom. The number of anilines is 2. The van der Waals surface area contributed by atoms with Crippen molar-refractivity contribution in [2.75, 3.05) is 10.2 Å². The zero-order chi connectivity index (χ0) is 12.6. The van der Waals surface area contributed by atoms with Crippen molar-refractivity contribution < 1.29 is 19.1 Å². The predicted molar refractivity (Wildman–Crippen MR) is 59.6 cm³/mol. The standard InChI is InChI=1S/C11H11FN2O3/c1-2-8-10(15)13-7-4-3-6(12)5-9(7)14(8)11(16)17/h3-5,8H,2H2,1H3,(H,13,15)(H,16,17)/t8-/m0/s1. The number of rotatable bonds is 1. The average Bonchev–Trinajstić information content (AvgIpc) is 2.27. The number of carboxylic acid groups (broad SMARTS) is 1. The van der Waals surface area contributed by atoms with E-state index in [4.69, 9.17) is 5.11 Å². The molecule has 6 heteroatoms. The SMILES string of the molecule is CC[C@H]1C(=O)Nc2ccc(F)cc2N1C(=O)O. The minimum absolute atomic E-state index is 0.170. The topological polar surface area (TPSA) is 69.6 Å². The Bertz CT molecular complexity index is 490. The molecule has 17 heavy (non-hydrogen) atoms. The van der Waals surface area contributed by atoms with E-state index in [0.717, 1.165) is 11.0 Å². The number of amides is 2. The number of carbonyl (C=O) groups excluding carboxylic acids is 1. The molecule has 0 bridgehead atoms. The molecule has 90 valence electrons. The molecular weight excluding hydrogens is 227 g/mol. The smallest absolute Gasteiger partial charge is 0.412 e. The van der Waals surface area contributed by atoms with Crippen LogP contribution < -0.4 is 10.2 Å². The summed E-state index contributed by atoms with van der Waals surface area (Å²) >= 11 is 0. The Labute approximate surface area is 96.8 Å². The molecule has 0 aliphatic carbocycles. The summed E-state index contributed by atoms with van der Waals surface area (Å²) in [6.07, 6.45) is -0.938. The van der Waals surface area contributed by atoms with Gasteiger partial charge in [0.25, 0.3) is 0 Å². The maximum atomic E-state index is 13.1. The fourth-order valence-electron chi connectivity index (χ4n) is 1.92. The van der Waals surface area contributed by atoms with Crippen molar-refractivity contribution in [3.63, 3.8) is 0 Å². The van der Waals surface area contributed by atoms with Crippen LogP contribution in [0.25, 0.3) is 0 Å². The summed E-state index contributed by atoms with van der Waals surface area (Å²) in [5.41, 5.74) is 0.479. The van der Waals surface area contributed by atoms with Gasteiger partial charge in [0.05, 0.1) is 11.4 Å². The molecule has 0 radical (unpaired) electrons. The Kier molecular flexibility index (Phi) is 2.71. The van der Waals surface area contributed by atoms with Gasteiger partial charge < -0.3 is 10.4 Å². The van der Waals surface area contributed by atoms with Gasteiger partial charge in [-0.2, -0.15) is 0 Å². The fourth-order valence-corrected chi connectivity index (χ4v) is 1.92. The van der Waals surface area contributed by atoms with Gasteiger partial charge in [0, 0.05) is 0 Å². The highest BCUT2D eigenvalue weighted by Gasteiger charge is 2.35. The minimum atomic E-state index is -1.27. The number of hydrogen-bond acceptors (Lipinski definition) is 2. The molecule has 0 fully saturated rings. The van der Waals surface area contributed by atoms with Gasteiger partial charge in [-0.25, -0.2) is 9.18 Å². The summed E-state index contributed by atoms with van der Waals surface area (Å²) in [7, 11) is 0. The molecule has 0 saturated carbocycles. The van der Waals surface area contributed by atoms with E-state index in [1.807, 2.05) is 0 Å². The van der Waals surface area contributed by atoms with E-state index in [9.17, 15) is 14.0 Å². The zero-order valence-corrected chi connectivity index (χ0v) is 9.11. The Morgan fingerprint density at radius 3 is 2.88 bits per heavy atom. The second-order valence-corrected chi connectivity index (χ2v) is 3.73. The molecule has 1 aromatic carbocycles. The lowest BCUT2D eigenvalue weighted by Gasteiger charge is -2.33. The normalized spacial score (nSPS) is 18.6. The molecule has 5 nitrogen and oxygen atoms in total. The lowest BCUT2D eigenvalue weighted by atomic mass is 10.1. The summed E-state index contributed by atoms with van der Waals surface area (Å²) in [6, 6.07) is 2.81. The summed E-state index contributed by atoms with van der Waals surface area (Å²) < 4.78 is 13.1. The lowest BCUT2D eigenvalue weighted by Crippen LogP contribution is -2.50. The van der Waals surface area contributed by atoms with Crippen molar-refractivity contribution in [3.05, 3.63) is 24.0 Å². The maximum Gasteiger partial charge on any atom is 0.412 e. The van der Waals surface area contributed by atoms with Gasteiger partial charge in [-0.1, -0.05) is 6.92 Å². The van der Waals surface area contributed by atoms with Gasteiger partial charge >= 0.3 is 6.09 Å². The summed E-state index contributed by atoms with van der Waals surface area (Å²) in [5.74, 6) is -0.935. The van der Waals surface area contributed by atoms with Crippen molar-refractivity contribution in [1.82, 2.24) is 0 Å². The molecule has 1 aliphatic heterocycles. The first-order valence-corrected chi connectivity index (χ1v) is 5.17. The number of fused-ring (bicyclic) bond motifs is 1. The van der Waals surface area contributed by atoms with Crippen LogP contribution in [0.4, 0.5) is 20.6 Å². The van der Waals surface area contributed by atoms with Crippen LogP contribution >= 0.6 is 0 Å². The van der Waals surface area contributed by atoms with Crippen LogP contribution in [0.2, 0.25) is 0 Å². The number of nitrogens with one attached hydrogen (secondary N) is 1. The molecule has 0 unspecified atom stereocenters. The molecule has 2 amide bonds. The number of hydrogen-bond donors (Lipinski definition) is 2. The number of carbonyl (C=O) groups is 2. The van der Waals surface area contributed by atoms with Crippen LogP contribution in [0.15, 0.2) is 18.2 Å². The van der Waals surface area contributed by atoms with Crippen molar-refractivity contribution in [2.45, 2.75) is 19.4 Å². The molecule has 2 N–H and O–H groups in total. The highest BCUT2D eigenvalue weighted by molar-refractivity contribution is 6.09. The second-order valence-electron chi connectivity index (χ2n) is 3.73. The first-order chi connectivity index (χ1) is 8.04. The van der Waals surface area contributed by atoms with E-state index in [-0.39, 0.29) is 5.69 Å². The number of halogens is 1. The third-order valence-electron chi connectivity index (χ3n) is 2.68. The third-order valence-corrected chi connectivity index (χ3v) is 2.68. The van der Waals surface area contributed by atoms with Gasteiger partial charge in [0.1, 0.15) is 11.9 Å². The van der Waals surface area contributed by atoms with Gasteiger partial charge in [0.2, 0.25) is 5.91 Å². The first-order valence-electron chi connectivity index (χ1n) is 5.17. The Hall–Kier alpha value is -2.11. The molecule has 1 aromatic rings. The number of nitrogens with zero attached hydrogens (tertiary/aromatic N) is 1. The molecule has 1 atom stereocenters. The minimum Gasteiger partial charge on any atom is -0.465 e. The van der Waals surface area contributed by atoms with Gasteiger partial charge in [-0.3, -0.25) is 9.69 Å². The van der Waals surface area contributed by atoms with Crippen LogP contribution in [0.5, 0.6) is 0 Å². The molecule has 0 spiro atoms. The molecule has 0 saturated heterocycles. The van der Waals surface area contributed by atoms with E-state index >= 15 is 0 Å². The molecular formula is C11H11FN2O3. The maximum absolute atomic E-state index is 13.1. The van der Waals surface area contributed by atoms with Crippen LogP contribution in [0, 0.1) is 5.82 Å². The van der Waals surface area contributed by atoms with Gasteiger partial charge in [-0.05, 0) is 24.6 Å². The van der Waals surface area contributed by atoms with Crippen molar-refractivity contribution in [2.24, 2.45) is 0 Å². The summed E-state index contributed by atoms with van der Waals surface area (Å²) in [6.45, 7) is 1.70. The second kappa shape index (κ2) is 4.04. The van der Waals surface area contributed by atoms with Gasteiger partial charge in [-0.15, -0.1) is 0 Å². The monoisotopic (exact) mass is 238 g/mol. The molecule has 2 rings (SSSR count). The van der Waals surface area contributed by atoms with Crippen LogP contribution in [0.1, 0.15) is 13.3 Å². The van der Waals surface area contributed by atoms with E-state index in [2.05, 4.69) is 5.32 Å². The van der Waals surface area contributed by atoms with E-state index in [1.54, 1.807) is 6.92 Å². The fraction of sp³-hybridized carbons (Fsp3) is 0.273. The van der Waals surface area contributed by atoms with Gasteiger partial charge in [0.15, 0.2) is 0 Å². The first kappa shape index (κ1) is 11.4. The summed E-state index contributed by atoms with van der Waals surface area (Å²) in [4.78, 5) is 23.7. The predicted octanol–water partition coefficient (Wildman–Crippen LogP) is 2.04. The van der Waals surface area contributed by atoms with E-state index in [1.165, 1.54) is 12.1 Å².